The number of aliphatic imine (C=N–C) groups is 1. The number of hydrogen-bond acceptors (Lipinski definition) is 5. The summed E-state index contributed by atoms with van der Waals surface area (Å²) < 4.78 is 0. The Balaban J connectivity index is 2.30. The van der Waals surface area contributed by atoms with Crippen LogP contribution in [0.1, 0.15) is 47.2 Å². The third-order valence-electron chi connectivity index (χ3n) is 4.72. The molecule has 0 fully saturated rings. The zero-order chi connectivity index (χ0) is 19.2. The van der Waals surface area contributed by atoms with Crippen molar-refractivity contribution >= 4 is 34.6 Å². The second-order valence-corrected chi connectivity index (χ2v) is 6.58. The standard InChI is InChI=1S/C18H17N3O5/c1-8(2)18(3)17(26)20-14(21-18)13-9-4-7-12(16(24)25)19-11(9)6-5-10(13)15(22)23/h4-8H,1-3H3,(H,22,23)(H,24,25)(H,20,21,26). The molecule has 1 aromatic carbocycles. The molecule has 3 N–H and O–H groups in total. The summed E-state index contributed by atoms with van der Waals surface area (Å²) in [6, 6.07) is 5.54. The Labute approximate surface area is 148 Å². The van der Waals surface area contributed by atoms with Crippen LogP contribution in [0.4, 0.5) is 0 Å². The molecule has 8 heteroatoms. The van der Waals surface area contributed by atoms with Crippen LogP contribution < -0.4 is 5.32 Å². The zero-order valence-electron chi connectivity index (χ0n) is 14.4. The van der Waals surface area contributed by atoms with Crippen LogP contribution in [-0.4, -0.2) is 44.4 Å². The zero-order valence-corrected chi connectivity index (χ0v) is 14.4. The molecule has 1 aliphatic rings. The number of aromatic nitrogens is 1. The lowest BCUT2D eigenvalue weighted by Crippen LogP contribution is -2.41. The minimum atomic E-state index is -1.19. The molecule has 2 heterocycles. The van der Waals surface area contributed by atoms with E-state index in [0.717, 1.165) is 0 Å². The highest BCUT2D eigenvalue weighted by molar-refractivity contribution is 6.23. The van der Waals surface area contributed by atoms with Crippen molar-refractivity contribution in [1.29, 1.82) is 0 Å². The first kappa shape index (κ1) is 17.5. The molecule has 0 bridgehead atoms. The van der Waals surface area contributed by atoms with Crippen molar-refractivity contribution in [3.63, 3.8) is 0 Å². The van der Waals surface area contributed by atoms with Crippen molar-refractivity contribution in [3.05, 3.63) is 41.1 Å². The van der Waals surface area contributed by atoms with Crippen LogP contribution in [0.3, 0.4) is 0 Å². The van der Waals surface area contributed by atoms with Gasteiger partial charge in [0.2, 0.25) is 0 Å². The maximum absolute atomic E-state index is 12.4. The summed E-state index contributed by atoms with van der Waals surface area (Å²) in [6.07, 6.45) is 0. The SMILES string of the molecule is CC(C)C1(C)N=C(c2c(C(=O)O)ccc3nc(C(=O)O)ccc23)NC1=O. The number of carbonyl (C=O) groups excluding carboxylic acids is 1. The third kappa shape index (κ3) is 2.59. The van der Waals surface area contributed by atoms with Crippen molar-refractivity contribution in [2.45, 2.75) is 26.3 Å². The molecular weight excluding hydrogens is 338 g/mol. The Morgan fingerprint density at radius 1 is 1.12 bits per heavy atom. The molecule has 1 atom stereocenters. The van der Waals surface area contributed by atoms with Gasteiger partial charge >= 0.3 is 11.9 Å². The van der Waals surface area contributed by atoms with Gasteiger partial charge in [0, 0.05) is 10.9 Å². The van der Waals surface area contributed by atoms with Crippen molar-refractivity contribution in [2.75, 3.05) is 0 Å². The van der Waals surface area contributed by atoms with Gasteiger partial charge in [-0.25, -0.2) is 14.6 Å². The van der Waals surface area contributed by atoms with Gasteiger partial charge in [0.25, 0.3) is 5.91 Å². The molecule has 134 valence electrons. The number of fused-ring (bicyclic) bond motifs is 1. The Hall–Kier alpha value is -3.29. The predicted molar refractivity (Wildman–Crippen MR) is 93.6 cm³/mol. The number of amides is 1. The number of benzene rings is 1. The fourth-order valence-electron chi connectivity index (χ4n) is 2.81. The van der Waals surface area contributed by atoms with Gasteiger partial charge in [0.05, 0.1) is 11.1 Å². The van der Waals surface area contributed by atoms with Gasteiger partial charge in [-0.3, -0.25) is 9.79 Å². The van der Waals surface area contributed by atoms with Crippen molar-refractivity contribution in [2.24, 2.45) is 10.9 Å². The predicted octanol–water partition coefficient (Wildman–Crippen LogP) is 1.92. The highest BCUT2D eigenvalue weighted by atomic mass is 16.4. The summed E-state index contributed by atoms with van der Waals surface area (Å²) in [6.45, 7) is 5.40. The second-order valence-electron chi connectivity index (χ2n) is 6.58. The minimum absolute atomic E-state index is 0.0468. The average Bonchev–Trinajstić information content (AvgIpc) is 2.89. The molecule has 0 aliphatic carbocycles. The van der Waals surface area contributed by atoms with E-state index in [-0.39, 0.29) is 34.5 Å². The molecule has 1 aromatic heterocycles. The smallest absolute Gasteiger partial charge is 0.354 e. The number of hydrogen-bond donors (Lipinski definition) is 3. The van der Waals surface area contributed by atoms with Gasteiger partial charge in [-0.05, 0) is 37.1 Å². The summed E-state index contributed by atoms with van der Waals surface area (Å²) in [5.41, 5.74) is -0.690. The average molecular weight is 355 g/mol. The molecule has 0 radical (unpaired) electrons. The number of carboxylic acid groups (broad SMARTS) is 2. The van der Waals surface area contributed by atoms with E-state index in [1.807, 2.05) is 13.8 Å². The number of nitrogens with zero attached hydrogens (tertiary/aromatic N) is 2. The molecule has 0 saturated heterocycles. The molecule has 1 aliphatic heterocycles. The van der Waals surface area contributed by atoms with E-state index in [1.165, 1.54) is 24.3 Å². The van der Waals surface area contributed by atoms with Gasteiger partial charge in [0.15, 0.2) is 0 Å². The van der Waals surface area contributed by atoms with E-state index in [0.29, 0.717) is 10.9 Å². The maximum Gasteiger partial charge on any atom is 0.354 e. The fourth-order valence-corrected chi connectivity index (χ4v) is 2.81. The Morgan fingerprint density at radius 2 is 1.81 bits per heavy atom. The first-order valence-corrected chi connectivity index (χ1v) is 7.97. The Bertz CT molecular complexity index is 996. The lowest BCUT2D eigenvalue weighted by Gasteiger charge is -2.21. The molecular formula is C18H17N3O5. The number of nitrogens with one attached hydrogen (secondary N) is 1. The van der Waals surface area contributed by atoms with Crippen molar-refractivity contribution in [1.82, 2.24) is 10.3 Å². The Kier molecular flexibility index (Phi) is 3.98. The van der Waals surface area contributed by atoms with Gasteiger partial charge in [-0.1, -0.05) is 13.8 Å². The van der Waals surface area contributed by atoms with Crippen LogP contribution in [-0.2, 0) is 4.79 Å². The largest absolute Gasteiger partial charge is 0.478 e. The lowest BCUT2D eigenvalue weighted by atomic mass is 9.89. The monoisotopic (exact) mass is 355 g/mol. The first-order valence-electron chi connectivity index (χ1n) is 7.97. The van der Waals surface area contributed by atoms with Gasteiger partial charge < -0.3 is 15.5 Å². The van der Waals surface area contributed by atoms with Crippen LogP contribution in [0.25, 0.3) is 10.9 Å². The summed E-state index contributed by atoms with van der Waals surface area (Å²) in [7, 11) is 0. The van der Waals surface area contributed by atoms with E-state index in [2.05, 4.69) is 15.3 Å². The second kappa shape index (κ2) is 5.91. The molecule has 0 spiro atoms. The summed E-state index contributed by atoms with van der Waals surface area (Å²) in [5.74, 6) is -2.63. The number of carboxylic acids is 2. The third-order valence-corrected chi connectivity index (χ3v) is 4.72. The van der Waals surface area contributed by atoms with Crippen LogP contribution in [0.2, 0.25) is 0 Å². The number of rotatable bonds is 4. The lowest BCUT2D eigenvalue weighted by molar-refractivity contribution is -0.124. The highest BCUT2D eigenvalue weighted by Gasteiger charge is 2.43. The topological polar surface area (TPSA) is 129 Å². The fraction of sp³-hybridized carbons (Fsp3) is 0.278. The first-order chi connectivity index (χ1) is 12.1. The van der Waals surface area contributed by atoms with Crippen LogP contribution >= 0.6 is 0 Å². The summed E-state index contributed by atoms with van der Waals surface area (Å²) in [5, 5.41) is 21.7. The molecule has 1 unspecified atom stereocenters. The summed E-state index contributed by atoms with van der Waals surface area (Å²) in [4.78, 5) is 43.7. The van der Waals surface area contributed by atoms with E-state index in [9.17, 15) is 19.5 Å². The van der Waals surface area contributed by atoms with E-state index < -0.39 is 17.5 Å². The van der Waals surface area contributed by atoms with Gasteiger partial charge in [-0.2, -0.15) is 0 Å². The van der Waals surface area contributed by atoms with Crippen molar-refractivity contribution in [3.8, 4) is 0 Å². The van der Waals surface area contributed by atoms with Gasteiger partial charge in [-0.15, -0.1) is 0 Å². The van der Waals surface area contributed by atoms with Crippen molar-refractivity contribution < 1.29 is 24.6 Å². The Morgan fingerprint density at radius 3 is 2.35 bits per heavy atom. The molecule has 8 nitrogen and oxygen atoms in total. The summed E-state index contributed by atoms with van der Waals surface area (Å²) >= 11 is 0. The van der Waals surface area contributed by atoms with Crippen LogP contribution in [0.5, 0.6) is 0 Å². The van der Waals surface area contributed by atoms with Crippen LogP contribution in [0.15, 0.2) is 29.3 Å². The van der Waals surface area contributed by atoms with E-state index >= 15 is 0 Å². The molecule has 2 aromatic rings. The molecule has 3 rings (SSSR count). The van der Waals surface area contributed by atoms with Crippen LogP contribution in [0, 0.1) is 5.92 Å². The quantitative estimate of drug-likeness (QED) is 0.768. The number of aromatic carboxylic acids is 2. The van der Waals surface area contributed by atoms with E-state index in [4.69, 9.17) is 5.11 Å². The molecule has 0 saturated carbocycles. The minimum Gasteiger partial charge on any atom is -0.478 e. The number of pyridine rings is 1. The highest BCUT2D eigenvalue weighted by Crippen LogP contribution is 2.30. The van der Waals surface area contributed by atoms with E-state index in [1.54, 1.807) is 6.92 Å². The molecule has 26 heavy (non-hydrogen) atoms. The van der Waals surface area contributed by atoms with Gasteiger partial charge in [0.1, 0.15) is 17.1 Å². The number of carbonyl (C=O) groups is 3. The molecule has 1 amide bonds. The number of amidine groups is 1. The maximum atomic E-state index is 12.4. The normalized spacial score (nSPS) is 19.5.